The third-order valence-corrected chi connectivity index (χ3v) is 6.33. The van der Waals surface area contributed by atoms with Gasteiger partial charge in [-0.3, -0.25) is 33.8 Å². The minimum absolute atomic E-state index is 0.0949. The van der Waals surface area contributed by atoms with Gasteiger partial charge in [-0.2, -0.15) is 0 Å². The van der Waals surface area contributed by atoms with Crippen LogP contribution in [-0.2, 0) is 28.8 Å². The third-order valence-electron chi connectivity index (χ3n) is 6.33. The number of fused-ring (bicyclic) bond motifs is 1. The number of Topliss-reactive ketones (excluding diaryl/α,β-unsaturated/α-hetero) is 2. The lowest BCUT2D eigenvalue weighted by atomic mass is 10.0. The van der Waals surface area contributed by atoms with E-state index >= 15 is 0 Å². The van der Waals surface area contributed by atoms with Gasteiger partial charge in [0.05, 0.1) is 20.3 Å². The van der Waals surface area contributed by atoms with Crippen LogP contribution >= 0.6 is 0 Å². The van der Waals surface area contributed by atoms with Gasteiger partial charge in [0.1, 0.15) is 41.2 Å². The summed E-state index contributed by atoms with van der Waals surface area (Å²) in [5.41, 5.74) is -0.130. The van der Waals surface area contributed by atoms with Crippen LogP contribution in [-0.4, -0.2) is 90.4 Å². The first-order valence-electron chi connectivity index (χ1n) is 12.1. The molecule has 204 valence electrons. The topological polar surface area (TPSA) is 168 Å². The Kier molecular flexibility index (Phi) is 9.16. The lowest BCUT2D eigenvalue weighted by Crippen LogP contribution is -2.64. The van der Waals surface area contributed by atoms with Crippen LogP contribution in [0.15, 0.2) is 18.2 Å². The summed E-state index contributed by atoms with van der Waals surface area (Å²) in [6.07, 6.45) is 0.597. The Hall–Kier alpha value is -4.29. The summed E-state index contributed by atoms with van der Waals surface area (Å²) >= 11 is 0. The highest BCUT2D eigenvalue weighted by Crippen LogP contribution is 2.29. The SMILES string of the molecule is COc1cccc(OC)c1C(=O)C(=O)N[C@H]1CCC(=O)N2CCC[C@@H](C(=O)N[C@H](C=O)CC(C)=O)N2C1=O. The van der Waals surface area contributed by atoms with Crippen molar-refractivity contribution in [1.82, 2.24) is 20.7 Å². The van der Waals surface area contributed by atoms with Crippen LogP contribution in [0.5, 0.6) is 11.5 Å². The first-order chi connectivity index (χ1) is 18.1. The molecule has 0 spiro atoms. The largest absolute Gasteiger partial charge is 0.496 e. The van der Waals surface area contributed by atoms with Crippen LogP contribution in [0.4, 0.5) is 0 Å². The molecule has 3 rings (SSSR count). The number of carbonyl (C=O) groups excluding carboxylic acids is 7. The predicted molar refractivity (Wildman–Crippen MR) is 130 cm³/mol. The van der Waals surface area contributed by atoms with Crippen LogP contribution in [0.2, 0.25) is 0 Å². The molecule has 2 aliphatic heterocycles. The quantitative estimate of drug-likeness (QED) is 0.231. The first kappa shape index (κ1) is 28.3. The van der Waals surface area contributed by atoms with Gasteiger partial charge in [0.25, 0.3) is 17.6 Å². The fourth-order valence-corrected chi connectivity index (χ4v) is 4.54. The third kappa shape index (κ3) is 5.98. The Labute approximate surface area is 218 Å². The molecule has 0 saturated carbocycles. The van der Waals surface area contributed by atoms with Crippen LogP contribution < -0.4 is 20.1 Å². The van der Waals surface area contributed by atoms with E-state index in [1.807, 2.05) is 0 Å². The van der Waals surface area contributed by atoms with Crippen molar-refractivity contribution in [3.63, 3.8) is 0 Å². The van der Waals surface area contributed by atoms with Gasteiger partial charge in [-0.15, -0.1) is 0 Å². The maximum absolute atomic E-state index is 13.6. The Balaban J connectivity index is 1.84. The highest BCUT2D eigenvalue weighted by Gasteiger charge is 2.45. The van der Waals surface area contributed by atoms with E-state index in [-0.39, 0.29) is 55.1 Å². The lowest BCUT2D eigenvalue weighted by molar-refractivity contribution is -0.176. The van der Waals surface area contributed by atoms with Crippen molar-refractivity contribution in [3.05, 3.63) is 23.8 Å². The summed E-state index contributed by atoms with van der Waals surface area (Å²) in [6.45, 7) is 1.45. The molecule has 38 heavy (non-hydrogen) atoms. The molecule has 2 aliphatic rings. The number of benzene rings is 1. The highest BCUT2D eigenvalue weighted by molar-refractivity contribution is 6.44. The summed E-state index contributed by atoms with van der Waals surface area (Å²) in [5.74, 6) is -4.14. The predicted octanol–water partition coefficient (Wildman–Crippen LogP) is -0.437. The van der Waals surface area contributed by atoms with Gasteiger partial charge in [0.15, 0.2) is 0 Å². The molecular formula is C25H30N4O9. The Morgan fingerprint density at radius 3 is 2.34 bits per heavy atom. The number of hydrogen-bond donors (Lipinski definition) is 2. The molecule has 13 nitrogen and oxygen atoms in total. The number of hydrogen-bond acceptors (Lipinski definition) is 9. The zero-order valence-electron chi connectivity index (χ0n) is 21.4. The van der Waals surface area contributed by atoms with Crippen molar-refractivity contribution in [2.75, 3.05) is 20.8 Å². The number of nitrogens with one attached hydrogen (secondary N) is 2. The van der Waals surface area contributed by atoms with Crippen molar-refractivity contribution in [3.8, 4) is 11.5 Å². The number of rotatable bonds is 10. The summed E-state index contributed by atoms with van der Waals surface area (Å²) in [6, 6.07) is 1.01. The summed E-state index contributed by atoms with van der Waals surface area (Å²) in [7, 11) is 2.65. The van der Waals surface area contributed by atoms with E-state index in [1.165, 1.54) is 33.3 Å². The van der Waals surface area contributed by atoms with Gasteiger partial charge in [-0.1, -0.05) is 6.07 Å². The van der Waals surface area contributed by atoms with Gasteiger partial charge in [-0.05, 0) is 38.3 Å². The fraction of sp³-hybridized carbons (Fsp3) is 0.480. The normalized spacial score (nSPS) is 20.0. The molecule has 0 unspecified atom stereocenters. The molecule has 1 aromatic rings. The summed E-state index contributed by atoms with van der Waals surface area (Å²) < 4.78 is 10.4. The minimum Gasteiger partial charge on any atom is -0.496 e. The van der Waals surface area contributed by atoms with E-state index in [0.29, 0.717) is 12.7 Å². The van der Waals surface area contributed by atoms with Gasteiger partial charge >= 0.3 is 0 Å². The lowest BCUT2D eigenvalue weighted by Gasteiger charge is -2.43. The van der Waals surface area contributed by atoms with Crippen molar-refractivity contribution in [2.24, 2.45) is 0 Å². The number of ether oxygens (including phenoxy) is 2. The maximum atomic E-state index is 13.6. The Morgan fingerprint density at radius 1 is 1.11 bits per heavy atom. The average Bonchev–Trinajstić information content (AvgIpc) is 3.03. The summed E-state index contributed by atoms with van der Waals surface area (Å²) in [4.78, 5) is 88.2. The zero-order valence-corrected chi connectivity index (χ0v) is 21.4. The second kappa shape index (κ2) is 12.3. The van der Waals surface area contributed by atoms with Crippen LogP contribution in [0.3, 0.4) is 0 Å². The number of amides is 4. The number of hydrazine groups is 1. The Morgan fingerprint density at radius 2 is 1.76 bits per heavy atom. The molecule has 4 amide bonds. The fourth-order valence-electron chi connectivity index (χ4n) is 4.54. The number of carbonyl (C=O) groups is 7. The molecule has 0 bridgehead atoms. The molecule has 0 aliphatic carbocycles. The Bertz CT molecular complexity index is 1130. The van der Waals surface area contributed by atoms with E-state index in [9.17, 15) is 33.6 Å². The number of ketones is 2. The van der Waals surface area contributed by atoms with Gasteiger partial charge in [-0.25, -0.2) is 5.01 Å². The summed E-state index contributed by atoms with van der Waals surface area (Å²) in [5, 5.41) is 7.00. The number of nitrogens with zero attached hydrogens (tertiary/aromatic N) is 2. The number of methoxy groups -OCH3 is 2. The van der Waals surface area contributed by atoms with Crippen molar-refractivity contribution < 1.29 is 43.0 Å². The van der Waals surface area contributed by atoms with Crippen LogP contribution in [0, 0.1) is 0 Å². The molecule has 0 aromatic heterocycles. The standard InChI is InChI=1S/C25H30N4O9/c1-14(31)12-15(13-30)26-23(34)17-6-5-11-28-20(32)10-9-16(25(36)29(17)28)27-24(35)22(33)21-18(37-2)7-4-8-19(21)38-3/h4,7-8,13,15-17H,5-6,9-12H2,1-3H3,(H,26,34)(H,27,35)/t15-,16-,17-/m0/s1. The second-order valence-electron chi connectivity index (χ2n) is 8.95. The van der Waals surface area contributed by atoms with Gasteiger partial charge in [0, 0.05) is 19.4 Å². The molecule has 2 fully saturated rings. The van der Waals surface area contributed by atoms with Crippen LogP contribution in [0.25, 0.3) is 0 Å². The minimum atomic E-state index is -1.28. The molecule has 0 radical (unpaired) electrons. The molecular weight excluding hydrogens is 500 g/mol. The van der Waals surface area contributed by atoms with E-state index in [0.717, 1.165) is 10.0 Å². The van der Waals surface area contributed by atoms with Crippen molar-refractivity contribution >= 4 is 41.5 Å². The van der Waals surface area contributed by atoms with E-state index in [2.05, 4.69) is 10.6 Å². The first-order valence-corrected chi connectivity index (χ1v) is 12.1. The molecule has 1 aromatic carbocycles. The average molecular weight is 531 g/mol. The monoisotopic (exact) mass is 530 g/mol. The molecule has 3 atom stereocenters. The molecule has 2 saturated heterocycles. The highest BCUT2D eigenvalue weighted by atomic mass is 16.5. The molecule has 2 N–H and O–H groups in total. The van der Waals surface area contributed by atoms with Crippen LogP contribution in [0.1, 0.15) is 49.4 Å². The molecule has 13 heteroatoms. The van der Waals surface area contributed by atoms with E-state index in [1.54, 1.807) is 6.07 Å². The maximum Gasteiger partial charge on any atom is 0.293 e. The van der Waals surface area contributed by atoms with E-state index < -0.39 is 47.5 Å². The van der Waals surface area contributed by atoms with Crippen molar-refractivity contribution in [2.45, 2.75) is 57.2 Å². The van der Waals surface area contributed by atoms with E-state index in [4.69, 9.17) is 9.47 Å². The molecule has 2 heterocycles. The second-order valence-corrected chi connectivity index (χ2v) is 8.95. The van der Waals surface area contributed by atoms with Gasteiger partial charge < -0.3 is 24.9 Å². The number of aldehydes is 1. The van der Waals surface area contributed by atoms with Gasteiger partial charge in [0.2, 0.25) is 11.8 Å². The zero-order chi connectivity index (χ0) is 28.0. The van der Waals surface area contributed by atoms with Crippen molar-refractivity contribution in [1.29, 1.82) is 0 Å². The smallest absolute Gasteiger partial charge is 0.293 e.